The van der Waals surface area contributed by atoms with Crippen molar-refractivity contribution in [3.63, 3.8) is 0 Å². The molecule has 0 saturated carbocycles. The highest BCUT2D eigenvalue weighted by molar-refractivity contribution is 5.67. The van der Waals surface area contributed by atoms with E-state index < -0.39 is 0 Å². The molecule has 3 rings (SSSR count). The number of aliphatic hydroxyl groups excluding tert-OH is 1. The maximum Gasteiger partial charge on any atom is 0.139 e. The molecule has 0 aliphatic carbocycles. The molecule has 0 amide bonds. The Hall–Kier alpha value is -2.40. The van der Waals surface area contributed by atoms with Crippen LogP contribution in [0.4, 0.5) is 4.39 Å². The van der Waals surface area contributed by atoms with E-state index in [0.717, 1.165) is 17.7 Å². The summed E-state index contributed by atoms with van der Waals surface area (Å²) in [5.74, 6) is 0.431. The van der Waals surface area contributed by atoms with Crippen molar-refractivity contribution in [3.8, 4) is 17.0 Å². The Balaban J connectivity index is 2.02. The van der Waals surface area contributed by atoms with Crippen LogP contribution in [0.2, 0.25) is 0 Å². The fourth-order valence-electron chi connectivity index (χ4n) is 2.38. The molecular formula is C17H17FN2O2. The number of nitrogens with zero attached hydrogens (tertiary/aromatic N) is 2. The second kappa shape index (κ2) is 6.15. The third-order valence-electron chi connectivity index (χ3n) is 3.43. The van der Waals surface area contributed by atoms with E-state index in [1.165, 1.54) is 12.3 Å². The van der Waals surface area contributed by atoms with Gasteiger partial charge in [-0.25, -0.2) is 9.37 Å². The average molecular weight is 300 g/mol. The summed E-state index contributed by atoms with van der Waals surface area (Å²) in [6.07, 6.45) is 2.28. The quantitative estimate of drug-likeness (QED) is 0.785. The van der Waals surface area contributed by atoms with Crippen LogP contribution in [0.3, 0.4) is 0 Å². The number of benzene rings is 1. The molecule has 0 bridgehead atoms. The molecule has 0 saturated heterocycles. The van der Waals surface area contributed by atoms with E-state index in [-0.39, 0.29) is 12.4 Å². The van der Waals surface area contributed by atoms with Crippen molar-refractivity contribution in [2.45, 2.75) is 20.0 Å². The number of ether oxygens (including phenoxy) is 1. The van der Waals surface area contributed by atoms with Crippen LogP contribution >= 0.6 is 0 Å². The first-order valence-corrected chi connectivity index (χ1v) is 7.23. The summed E-state index contributed by atoms with van der Waals surface area (Å²) in [6, 6.07) is 10.5. The Morgan fingerprint density at radius 2 is 1.95 bits per heavy atom. The summed E-state index contributed by atoms with van der Waals surface area (Å²) < 4.78 is 20.5. The van der Waals surface area contributed by atoms with E-state index in [0.29, 0.717) is 23.6 Å². The van der Waals surface area contributed by atoms with Gasteiger partial charge in [-0.3, -0.25) is 4.40 Å². The zero-order valence-electron chi connectivity index (χ0n) is 12.3. The minimum Gasteiger partial charge on any atom is -0.494 e. The molecule has 3 aromatic rings. The molecule has 0 spiro atoms. The molecule has 0 aliphatic heterocycles. The number of pyridine rings is 1. The molecule has 114 valence electrons. The predicted molar refractivity (Wildman–Crippen MR) is 82.3 cm³/mol. The van der Waals surface area contributed by atoms with Crippen molar-refractivity contribution in [1.29, 1.82) is 0 Å². The van der Waals surface area contributed by atoms with Crippen molar-refractivity contribution < 1.29 is 14.2 Å². The van der Waals surface area contributed by atoms with Gasteiger partial charge in [0.1, 0.15) is 17.2 Å². The molecule has 2 heterocycles. The fourth-order valence-corrected chi connectivity index (χ4v) is 2.38. The van der Waals surface area contributed by atoms with Gasteiger partial charge in [0.05, 0.1) is 24.6 Å². The first-order valence-electron chi connectivity index (χ1n) is 7.23. The summed E-state index contributed by atoms with van der Waals surface area (Å²) in [6.45, 7) is 2.51. The van der Waals surface area contributed by atoms with E-state index in [1.54, 1.807) is 10.5 Å². The van der Waals surface area contributed by atoms with Gasteiger partial charge in [-0.2, -0.15) is 0 Å². The molecule has 4 nitrogen and oxygen atoms in total. The molecule has 0 atom stereocenters. The summed E-state index contributed by atoms with van der Waals surface area (Å²) >= 11 is 0. The van der Waals surface area contributed by atoms with Gasteiger partial charge in [0.2, 0.25) is 0 Å². The van der Waals surface area contributed by atoms with Crippen LogP contribution in [0.1, 0.15) is 19.0 Å². The first-order chi connectivity index (χ1) is 10.7. The van der Waals surface area contributed by atoms with Gasteiger partial charge >= 0.3 is 0 Å². The topological polar surface area (TPSA) is 46.8 Å². The number of hydrogen-bond acceptors (Lipinski definition) is 3. The Bertz CT molecular complexity index is 781. The highest BCUT2D eigenvalue weighted by atomic mass is 19.1. The molecule has 0 radical (unpaired) electrons. The average Bonchev–Trinajstić information content (AvgIpc) is 2.91. The van der Waals surface area contributed by atoms with Crippen molar-refractivity contribution in [1.82, 2.24) is 9.38 Å². The SMILES string of the molecule is CCCOc1ccc(-c2nc3ccc(F)cn3c2CO)cc1. The smallest absolute Gasteiger partial charge is 0.139 e. The molecule has 5 heteroatoms. The maximum atomic E-state index is 13.4. The maximum absolute atomic E-state index is 13.4. The zero-order valence-corrected chi connectivity index (χ0v) is 12.3. The van der Waals surface area contributed by atoms with Gasteiger partial charge < -0.3 is 9.84 Å². The molecule has 1 aromatic carbocycles. The molecule has 0 aliphatic rings. The Morgan fingerprint density at radius 1 is 1.18 bits per heavy atom. The van der Waals surface area contributed by atoms with Crippen LogP contribution < -0.4 is 4.74 Å². The minimum atomic E-state index is -0.366. The molecule has 22 heavy (non-hydrogen) atoms. The van der Waals surface area contributed by atoms with E-state index in [4.69, 9.17) is 4.74 Å². The van der Waals surface area contributed by atoms with Crippen molar-refractivity contribution in [2.75, 3.05) is 6.61 Å². The van der Waals surface area contributed by atoms with E-state index in [9.17, 15) is 9.50 Å². The van der Waals surface area contributed by atoms with Crippen LogP contribution in [0.15, 0.2) is 42.6 Å². The van der Waals surface area contributed by atoms with Gasteiger partial charge in [-0.05, 0) is 42.8 Å². The Morgan fingerprint density at radius 3 is 2.64 bits per heavy atom. The number of aromatic nitrogens is 2. The molecule has 0 fully saturated rings. The van der Waals surface area contributed by atoms with Gasteiger partial charge in [0.15, 0.2) is 0 Å². The van der Waals surface area contributed by atoms with E-state index in [2.05, 4.69) is 11.9 Å². The molecular weight excluding hydrogens is 283 g/mol. The second-order valence-corrected chi connectivity index (χ2v) is 5.01. The molecule has 0 unspecified atom stereocenters. The number of hydrogen-bond donors (Lipinski definition) is 1. The zero-order chi connectivity index (χ0) is 15.5. The standard InChI is InChI=1S/C17H17FN2O2/c1-2-9-22-14-6-3-12(4-7-14)17-15(11-21)20-10-13(18)5-8-16(20)19-17/h3-8,10,21H,2,9,11H2,1H3. The third-order valence-corrected chi connectivity index (χ3v) is 3.43. The highest BCUT2D eigenvalue weighted by Gasteiger charge is 2.13. The van der Waals surface area contributed by atoms with Crippen molar-refractivity contribution >= 4 is 5.65 Å². The summed E-state index contributed by atoms with van der Waals surface area (Å²) in [7, 11) is 0. The largest absolute Gasteiger partial charge is 0.494 e. The van der Waals surface area contributed by atoms with Crippen molar-refractivity contribution in [3.05, 3.63) is 54.1 Å². The lowest BCUT2D eigenvalue weighted by molar-refractivity contribution is 0.276. The van der Waals surface area contributed by atoms with E-state index in [1.807, 2.05) is 24.3 Å². The van der Waals surface area contributed by atoms with Crippen LogP contribution in [0.5, 0.6) is 5.75 Å². The highest BCUT2D eigenvalue weighted by Crippen LogP contribution is 2.26. The normalized spacial score (nSPS) is 11.0. The number of halogens is 1. The lowest BCUT2D eigenvalue weighted by Crippen LogP contribution is -1.96. The van der Waals surface area contributed by atoms with Crippen LogP contribution in [-0.2, 0) is 6.61 Å². The van der Waals surface area contributed by atoms with Crippen LogP contribution in [0, 0.1) is 5.82 Å². The number of imidazole rings is 1. The van der Waals surface area contributed by atoms with Gasteiger partial charge in [-0.15, -0.1) is 0 Å². The lowest BCUT2D eigenvalue weighted by atomic mass is 10.1. The number of aliphatic hydroxyl groups is 1. The molecule has 1 N–H and O–H groups in total. The van der Waals surface area contributed by atoms with Gasteiger partial charge in [0.25, 0.3) is 0 Å². The van der Waals surface area contributed by atoms with E-state index >= 15 is 0 Å². The third kappa shape index (κ3) is 2.67. The summed E-state index contributed by atoms with van der Waals surface area (Å²) in [4.78, 5) is 4.48. The van der Waals surface area contributed by atoms with Crippen LogP contribution in [-0.4, -0.2) is 21.1 Å². The summed E-state index contributed by atoms with van der Waals surface area (Å²) in [5.41, 5.74) is 2.68. The van der Waals surface area contributed by atoms with Gasteiger partial charge in [0, 0.05) is 11.8 Å². The Labute approximate surface area is 127 Å². The monoisotopic (exact) mass is 300 g/mol. The second-order valence-electron chi connectivity index (χ2n) is 5.01. The predicted octanol–water partition coefficient (Wildman–Crippen LogP) is 3.42. The van der Waals surface area contributed by atoms with Gasteiger partial charge in [-0.1, -0.05) is 6.92 Å². The first kappa shape index (κ1) is 14.5. The fraction of sp³-hybridized carbons (Fsp3) is 0.235. The number of rotatable bonds is 5. The van der Waals surface area contributed by atoms with Crippen molar-refractivity contribution in [2.24, 2.45) is 0 Å². The van der Waals surface area contributed by atoms with Crippen LogP contribution in [0.25, 0.3) is 16.9 Å². The molecule has 2 aromatic heterocycles. The minimum absolute atomic E-state index is 0.214. The Kier molecular flexibility index (Phi) is 4.06. The lowest BCUT2D eigenvalue weighted by Gasteiger charge is -2.06. The number of fused-ring (bicyclic) bond motifs is 1. The summed E-state index contributed by atoms with van der Waals surface area (Å²) in [5, 5.41) is 9.62.